The van der Waals surface area contributed by atoms with E-state index in [0.717, 1.165) is 17.8 Å². The molecule has 0 radical (unpaired) electrons. The molecule has 0 unspecified atom stereocenters. The van der Waals surface area contributed by atoms with Crippen molar-refractivity contribution in [2.24, 2.45) is 29.0 Å². The minimum atomic E-state index is -1.85. The van der Waals surface area contributed by atoms with Crippen molar-refractivity contribution in [2.75, 3.05) is 0 Å². The number of para-hydroxylation sites is 1. The van der Waals surface area contributed by atoms with E-state index in [9.17, 15) is 63.3 Å². The molecule has 0 aliphatic heterocycles. The Morgan fingerprint density at radius 1 is 0.651 bits per heavy atom. The van der Waals surface area contributed by atoms with Crippen molar-refractivity contribution in [3.8, 4) is 0 Å². The quantitative estimate of drug-likeness (QED) is 0.0429. The van der Waals surface area contributed by atoms with Gasteiger partial charge in [-0.3, -0.25) is 43.2 Å². The molecule has 0 aliphatic carbocycles. The van der Waals surface area contributed by atoms with Crippen LogP contribution in [0.2, 0.25) is 0 Å². The molecule has 0 spiro atoms. The molecule has 16 N–H and O–H groups in total. The number of hydrogen-bond acceptors (Lipinski definition) is 12. The van der Waals surface area contributed by atoms with Crippen LogP contribution in [0.5, 0.6) is 0 Å². The molecule has 9 atom stereocenters. The van der Waals surface area contributed by atoms with Gasteiger partial charge in [0.1, 0.15) is 36.3 Å². The minimum Gasteiger partial charge on any atom is -0.481 e. The van der Waals surface area contributed by atoms with Crippen molar-refractivity contribution in [1.29, 1.82) is 0 Å². The van der Waals surface area contributed by atoms with Gasteiger partial charge in [0.05, 0.1) is 18.6 Å². The van der Waals surface area contributed by atoms with Crippen molar-refractivity contribution in [3.63, 3.8) is 0 Å². The van der Waals surface area contributed by atoms with Crippen LogP contribution < -0.4 is 49.1 Å². The Labute approximate surface area is 362 Å². The van der Waals surface area contributed by atoms with Crippen molar-refractivity contribution in [2.45, 2.75) is 128 Å². The molecule has 1 heterocycles. The standard InChI is InChI=1S/C40H60N10O13/c1-6-19(4)31(43)37(59)48-26(15-21-17-44-23-10-8-7-9-22(21)23)35(57)47-27(16-29(42)53)36(58)45-24(12-14-30(54)55)34(56)50-33(20(5)51)39(61)49-32(18(2)3)38(60)46-25(40(62)63)11-13-28(41)52/h7-10,17-20,24-27,31-33,44,51H,6,11-16,43H2,1-5H3,(H2,41,52)(H2,42,53)(H,45,58)(H,46,60)(H,47,57)(H,48,59)(H,49,61)(H,50,56)(H,54,55)(H,62,63)/t19-,20+,24-,25-,26-,27-,31-,32-,33-/m0/s1. The van der Waals surface area contributed by atoms with Crippen LogP contribution in [0, 0.1) is 11.8 Å². The number of nitrogens with two attached hydrogens (primary N) is 3. The van der Waals surface area contributed by atoms with Gasteiger partial charge >= 0.3 is 11.9 Å². The summed E-state index contributed by atoms with van der Waals surface area (Å²) < 4.78 is 0. The van der Waals surface area contributed by atoms with E-state index in [1.807, 2.05) is 6.92 Å². The molecule has 0 saturated carbocycles. The molecule has 23 nitrogen and oxygen atoms in total. The number of carbonyl (C=O) groups is 10. The average molecular weight is 889 g/mol. The lowest BCUT2D eigenvalue weighted by Gasteiger charge is -2.29. The summed E-state index contributed by atoms with van der Waals surface area (Å²) in [6, 6.07) is -3.67. The van der Waals surface area contributed by atoms with E-state index >= 15 is 0 Å². The highest BCUT2D eigenvalue weighted by molar-refractivity contribution is 5.99. The molecule has 8 amide bonds. The molecule has 2 aromatic rings. The fraction of sp³-hybridized carbons (Fsp3) is 0.550. The van der Waals surface area contributed by atoms with Crippen LogP contribution >= 0.6 is 0 Å². The highest BCUT2D eigenvalue weighted by Gasteiger charge is 2.36. The number of hydrogen-bond donors (Lipinski definition) is 13. The third kappa shape index (κ3) is 16.6. The number of aromatic nitrogens is 1. The van der Waals surface area contributed by atoms with Gasteiger partial charge in [-0.05, 0) is 43.2 Å². The van der Waals surface area contributed by atoms with E-state index in [2.05, 4.69) is 36.9 Å². The predicted molar refractivity (Wildman–Crippen MR) is 224 cm³/mol. The molecular formula is C40H60N10O13. The maximum absolute atomic E-state index is 14.0. The molecule has 63 heavy (non-hydrogen) atoms. The Balaban J connectivity index is 2.38. The molecule has 0 fully saturated rings. The third-order valence-corrected chi connectivity index (χ3v) is 10.2. The first-order valence-electron chi connectivity index (χ1n) is 20.3. The van der Waals surface area contributed by atoms with Crippen molar-refractivity contribution < 1.29 is 63.3 Å². The van der Waals surface area contributed by atoms with Crippen LogP contribution in [-0.2, 0) is 54.4 Å². The van der Waals surface area contributed by atoms with Crippen molar-refractivity contribution in [3.05, 3.63) is 36.0 Å². The van der Waals surface area contributed by atoms with E-state index in [1.54, 1.807) is 37.4 Å². The van der Waals surface area contributed by atoms with Crippen LogP contribution in [0.25, 0.3) is 10.9 Å². The second kappa shape index (κ2) is 24.7. The number of rotatable bonds is 27. The zero-order valence-corrected chi connectivity index (χ0v) is 35.8. The number of aliphatic carboxylic acids is 2. The lowest BCUT2D eigenvalue weighted by molar-refractivity contribution is -0.143. The number of aliphatic hydroxyl groups is 1. The number of benzene rings is 1. The van der Waals surface area contributed by atoms with Gasteiger partial charge in [0, 0.05) is 36.4 Å². The van der Waals surface area contributed by atoms with E-state index in [1.165, 1.54) is 13.8 Å². The fourth-order valence-corrected chi connectivity index (χ4v) is 6.24. The van der Waals surface area contributed by atoms with Gasteiger partial charge in [-0.2, -0.15) is 0 Å². The van der Waals surface area contributed by atoms with E-state index < -0.39 is 133 Å². The summed E-state index contributed by atoms with van der Waals surface area (Å²) in [7, 11) is 0. The average Bonchev–Trinajstić information content (AvgIpc) is 3.62. The largest absolute Gasteiger partial charge is 0.481 e. The van der Waals surface area contributed by atoms with Crippen molar-refractivity contribution in [1.82, 2.24) is 36.9 Å². The van der Waals surface area contributed by atoms with Gasteiger partial charge in [-0.25, -0.2) is 4.79 Å². The number of fused-ring (bicyclic) bond motifs is 1. The van der Waals surface area contributed by atoms with Crippen LogP contribution in [0.3, 0.4) is 0 Å². The fourth-order valence-electron chi connectivity index (χ4n) is 6.24. The summed E-state index contributed by atoms with van der Waals surface area (Å²) in [4.78, 5) is 131. The first kappa shape index (κ1) is 52.5. The molecule has 0 bridgehead atoms. The Bertz CT molecular complexity index is 1990. The van der Waals surface area contributed by atoms with E-state index in [4.69, 9.17) is 17.2 Å². The number of carbonyl (C=O) groups excluding carboxylic acids is 8. The van der Waals surface area contributed by atoms with Crippen LogP contribution in [0.1, 0.15) is 78.7 Å². The number of primary amides is 2. The normalized spacial score (nSPS) is 15.5. The highest BCUT2D eigenvalue weighted by Crippen LogP contribution is 2.20. The summed E-state index contributed by atoms with van der Waals surface area (Å²) >= 11 is 0. The molecule has 23 heteroatoms. The molecular weight excluding hydrogens is 828 g/mol. The number of aliphatic hydroxyl groups excluding tert-OH is 1. The van der Waals surface area contributed by atoms with E-state index in [0.29, 0.717) is 12.0 Å². The molecule has 2 rings (SSSR count). The summed E-state index contributed by atoms with van der Waals surface area (Å²) in [6.45, 7) is 7.67. The predicted octanol–water partition coefficient (Wildman–Crippen LogP) is -2.88. The first-order valence-corrected chi connectivity index (χ1v) is 20.3. The maximum Gasteiger partial charge on any atom is 0.326 e. The second-order valence-electron chi connectivity index (χ2n) is 15.6. The molecule has 348 valence electrons. The monoisotopic (exact) mass is 888 g/mol. The van der Waals surface area contributed by atoms with Crippen LogP contribution in [0.4, 0.5) is 0 Å². The minimum absolute atomic E-state index is 0.110. The Kier molecular flexibility index (Phi) is 20.6. The van der Waals surface area contributed by atoms with Gasteiger partial charge < -0.3 is 69.4 Å². The number of carboxylic acids is 2. The number of carboxylic acid groups (broad SMARTS) is 2. The van der Waals surface area contributed by atoms with Gasteiger partial charge in [-0.15, -0.1) is 0 Å². The van der Waals surface area contributed by atoms with Crippen LogP contribution in [0.15, 0.2) is 30.5 Å². The van der Waals surface area contributed by atoms with Crippen LogP contribution in [-0.4, -0.2) is 128 Å². The van der Waals surface area contributed by atoms with Crippen molar-refractivity contribution >= 4 is 70.1 Å². The summed E-state index contributed by atoms with van der Waals surface area (Å²) in [5.74, 6) is -11.9. The highest BCUT2D eigenvalue weighted by atomic mass is 16.4. The lowest BCUT2D eigenvalue weighted by Crippen LogP contribution is -2.62. The van der Waals surface area contributed by atoms with Gasteiger partial charge in [0.15, 0.2) is 0 Å². The topological polar surface area (TPSA) is 397 Å². The third-order valence-electron chi connectivity index (χ3n) is 10.2. The zero-order valence-electron chi connectivity index (χ0n) is 35.8. The Hall–Kier alpha value is -6.62. The van der Waals surface area contributed by atoms with Gasteiger partial charge in [-0.1, -0.05) is 52.3 Å². The number of aromatic amines is 1. The lowest BCUT2D eigenvalue weighted by atomic mass is 9.98. The zero-order chi connectivity index (χ0) is 47.7. The number of nitrogens with one attached hydrogen (secondary N) is 7. The summed E-state index contributed by atoms with van der Waals surface area (Å²) in [6.07, 6.45) is -2.50. The van der Waals surface area contributed by atoms with Gasteiger partial charge in [0.25, 0.3) is 0 Å². The number of amides is 8. The maximum atomic E-state index is 14.0. The first-order chi connectivity index (χ1) is 29.5. The van der Waals surface area contributed by atoms with E-state index in [-0.39, 0.29) is 25.2 Å². The molecule has 1 aromatic heterocycles. The molecule has 1 aromatic carbocycles. The summed E-state index contributed by atoms with van der Waals surface area (Å²) in [5, 5.41) is 44.3. The summed E-state index contributed by atoms with van der Waals surface area (Å²) in [5.41, 5.74) is 18.0. The molecule has 0 aliphatic rings. The second-order valence-corrected chi connectivity index (χ2v) is 15.6. The molecule has 0 saturated heterocycles. The van der Waals surface area contributed by atoms with Gasteiger partial charge in [0.2, 0.25) is 47.3 Å². The smallest absolute Gasteiger partial charge is 0.326 e. The number of H-pyrrole nitrogens is 1. The Morgan fingerprint density at radius 3 is 1.73 bits per heavy atom. The Morgan fingerprint density at radius 2 is 1.17 bits per heavy atom. The SMILES string of the molecule is CC[C@H](C)[C@H](N)C(=O)N[C@@H](Cc1c[nH]c2ccccc12)C(=O)N[C@@H](CC(N)=O)C(=O)N[C@@H](CCC(=O)O)C(=O)N[C@H](C(=O)N[C@H](C(=O)N[C@@H](CCC(N)=O)C(=O)O)C(C)C)[C@@H](C)O.